The first kappa shape index (κ1) is 37.1. The van der Waals surface area contributed by atoms with Crippen LogP contribution in [0.25, 0.3) is 0 Å². The van der Waals surface area contributed by atoms with Crippen molar-refractivity contribution in [3.8, 4) is 11.5 Å². The lowest BCUT2D eigenvalue weighted by Gasteiger charge is -2.34. The third-order valence-corrected chi connectivity index (χ3v) is 6.23. The summed E-state index contributed by atoms with van der Waals surface area (Å²) in [5.74, 6) is -0.226. The minimum absolute atomic E-state index is 0. The van der Waals surface area contributed by atoms with Crippen LogP contribution in [-0.4, -0.2) is 64.3 Å². The molecule has 0 bridgehead atoms. The lowest BCUT2D eigenvalue weighted by molar-refractivity contribution is -0.122. The first-order valence-electron chi connectivity index (χ1n) is 12.2. The number of carbonyl (C=O) groups is 1. The highest BCUT2D eigenvalue weighted by Crippen LogP contribution is 2.27. The number of aliphatic hydroxyl groups is 1. The van der Waals surface area contributed by atoms with Gasteiger partial charge in [0, 0.05) is 12.2 Å². The van der Waals surface area contributed by atoms with Crippen molar-refractivity contribution in [2.75, 3.05) is 32.0 Å². The van der Waals surface area contributed by atoms with E-state index in [9.17, 15) is 9.90 Å². The Hall–Kier alpha value is -2.07. The van der Waals surface area contributed by atoms with E-state index < -0.39 is 6.10 Å². The number of benzene rings is 2. The smallest absolute Gasteiger partial charge is 0.241 e. The van der Waals surface area contributed by atoms with E-state index in [-0.39, 0.29) is 53.7 Å². The Morgan fingerprint density at radius 2 is 1.73 bits per heavy atom. The Morgan fingerprint density at radius 1 is 1.08 bits per heavy atom. The van der Waals surface area contributed by atoms with E-state index in [4.69, 9.17) is 10.2 Å². The fourth-order valence-electron chi connectivity index (χ4n) is 4.19. The number of para-hydroxylation sites is 1. The standard InChI is InChI=1S/C18H28N2O.C9H13NO3.2ClH.H2O/c1-4-5-12-20-13-7-6-11-16(20)18(21)19-17-14(2)9-8-10-15(17)3;1-10-5-9(13)6-2-3-7(11)8(12)4-6;;;/h8-10,16H,4-7,11-13H2,1-3H3,(H,19,21);2-4,9-13H,5H2,1H3;2*1H;1H2/t;9-;;;/m.0.../s1. The SMILES string of the molecule is CCCCN1CCCCC1C(=O)Nc1c(C)cccc1C.CNC[C@H](O)c1ccc(O)c(O)c1.Cl.Cl.O. The molecule has 1 unspecified atom stereocenters. The molecule has 7 N–H and O–H groups in total. The number of anilines is 1. The molecule has 0 saturated carbocycles. The van der Waals surface area contributed by atoms with E-state index in [2.05, 4.69) is 48.4 Å². The van der Waals surface area contributed by atoms with Gasteiger partial charge in [0.05, 0.1) is 12.1 Å². The minimum Gasteiger partial charge on any atom is -0.504 e. The second kappa shape index (κ2) is 19.1. The summed E-state index contributed by atoms with van der Waals surface area (Å²) in [4.78, 5) is 15.1. The second-order valence-electron chi connectivity index (χ2n) is 8.98. The Balaban J connectivity index is 0. The Morgan fingerprint density at radius 3 is 2.30 bits per heavy atom. The molecular formula is C27H45Cl2N3O5. The zero-order chi connectivity index (χ0) is 25.1. The molecule has 1 saturated heterocycles. The van der Waals surface area contributed by atoms with Crippen LogP contribution in [0.15, 0.2) is 36.4 Å². The van der Waals surface area contributed by atoms with Crippen molar-refractivity contribution in [1.29, 1.82) is 0 Å². The van der Waals surface area contributed by atoms with E-state index >= 15 is 0 Å². The number of hydrogen-bond donors (Lipinski definition) is 5. The predicted molar refractivity (Wildman–Crippen MR) is 155 cm³/mol. The topological polar surface area (TPSA) is 137 Å². The van der Waals surface area contributed by atoms with Crippen LogP contribution in [0.3, 0.4) is 0 Å². The van der Waals surface area contributed by atoms with E-state index in [0.717, 1.165) is 42.7 Å². The van der Waals surface area contributed by atoms with E-state index in [1.165, 1.54) is 31.4 Å². The monoisotopic (exact) mass is 561 g/mol. The fraction of sp³-hybridized carbons (Fsp3) is 0.519. The number of rotatable bonds is 8. The van der Waals surface area contributed by atoms with E-state index in [1.54, 1.807) is 13.1 Å². The maximum absolute atomic E-state index is 12.7. The number of likely N-dealkylation sites (N-methyl/N-ethyl adjacent to an activating group) is 1. The van der Waals surface area contributed by atoms with Crippen molar-refractivity contribution >= 4 is 36.4 Å². The maximum atomic E-state index is 12.7. The van der Waals surface area contributed by atoms with Gasteiger partial charge in [0.25, 0.3) is 0 Å². The van der Waals surface area contributed by atoms with Gasteiger partial charge >= 0.3 is 0 Å². The largest absolute Gasteiger partial charge is 0.504 e. The van der Waals surface area contributed by atoms with E-state index in [1.807, 2.05) is 6.07 Å². The van der Waals surface area contributed by atoms with Crippen LogP contribution in [0, 0.1) is 13.8 Å². The van der Waals surface area contributed by atoms with Crippen LogP contribution in [0.2, 0.25) is 0 Å². The Labute approximate surface area is 233 Å². The Bertz CT molecular complexity index is 913. The third kappa shape index (κ3) is 11.5. The predicted octanol–water partition coefficient (Wildman–Crippen LogP) is 4.27. The number of likely N-dealkylation sites (tertiary alicyclic amines) is 1. The van der Waals surface area contributed by atoms with Crippen molar-refractivity contribution in [2.24, 2.45) is 0 Å². The van der Waals surface area contributed by atoms with Gasteiger partial charge in [-0.05, 0) is 82.1 Å². The van der Waals surface area contributed by atoms with Crippen LogP contribution < -0.4 is 10.6 Å². The van der Waals surface area contributed by atoms with Crippen LogP contribution in [0.1, 0.15) is 61.8 Å². The number of phenolic OH excluding ortho intramolecular Hbond substituents is 2. The number of aliphatic hydroxyl groups excluding tert-OH is 1. The van der Waals surface area contributed by atoms with Gasteiger partial charge < -0.3 is 31.4 Å². The Kier molecular flexibility index (Phi) is 19.1. The number of unbranched alkanes of at least 4 members (excludes halogenated alkanes) is 1. The number of nitrogens with zero attached hydrogens (tertiary/aromatic N) is 1. The number of carbonyl (C=O) groups excluding carboxylic acids is 1. The molecule has 2 aromatic carbocycles. The molecule has 0 aliphatic carbocycles. The van der Waals surface area contributed by atoms with Crippen LogP contribution >= 0.6 is 24.8 Å². The van der Waals surface area contributed by atoms with Gasteiger partial charge in [-0.15, -0.1) is 24.8 Å². The minimum atomic E-state index is -0.670. The summed E-state index contributed by atoms with van der Waals surface area (Å²) in [7, 11) is 1.73. The van der Waals surface area contributed by atoms with Gasteiger partial charge in [-0.3, -0.25) is 9.69 Å². The van der Waals surface area contributed by atoms with Crippen molar-refractivity contribution in [3.63, 3.8) is 0 Å². The fourth-order valence-corrected chi connectivity index (χ4v) is 4.19. The molecule has 0 radical (unpaired) electrons. The zero-order valence-corrected chi connectivity index (χ0v) is 23.9. The molecule has 37 heavy (non-hydrogen) atoms. The summed E-state index contributed by atoms with van der Waals surface area (Å²) in [5.41, 5.74) is 3.84. The molecule has 0 spiro atoms. The summed E-state index contributed by atoms with van der Waals surface area (Å²) in [6.07, 6.45) is 5.05. The number of aryl methyl sites for hydroxylation is 2. The lowest BCUT2D eigenvalue weighted by atomic mass is 10.00. The first-order chi connectivity index (χ1) is 16.3. The molecule has 0 aromatic heterocycles. The molecule has 10 heteroatoms. The zero-order valence-electron chi connectivity index (χ0n) is 22.3. The molecule has 1 heterocycles. The molecule has 2 aromatic rings. The first-order valence-corrected chi connectivity index (χ1v) is 12.2. The number of piperidine rings is 1. The molecule has 8 nitrogen and oxygen atoms in total. The average Bonchev–Trinajstić information content (AvgIpc) is 2.82. The lowest BCUT2D eigenvalue weighted by Crippen LogP contribution is -2.47. The molecule has 1 amide bonds. The van der Waals surface area contributed by atoms with Crippen LogP contribution in [0.5, 0.6) is 11.5 Å². The number of aromatic hydroxyl groups is 2. The van der Waals surface area contributed by atoms with Gasteiger partial charge in [0.2, 0.25) is 5.91 Å². The average molecular weight is 563 g/mol. The van der Waals surface area contributed by atoms with Crippen molar-refractivity contribution in [1.82, 2.24) is 10.2 Å². The summed E-state index contributed by atoms with van der Waals surface area (Å²) in [5, 5.41) is 33.6. The summed E-state index contributed by atoms with van der Waals surface area (Å²) >= 11 is 0. The number of nitrogens with one attached hydrogen (secondary N) is 2. The molecule has 2 atom stereocenters. The highest BCUT2D eigenvalue weighted by Gasteiger charge is 2.28. The van der Waals surface area contributed by atoms with Crippen molar-refractivity contribution in [3.05, 3.63) is 53.1 Å². The third-order valence-electron chi connectivity index (χ3n) is 6.23. The van der Waals surface area contributed by atoms with Gasteiger partial charge in [-0.1, -0.05) is 44.0 Å². The highest BCUT2D eigenvalue weighted by atomic mass is 35.5. The summed E-state index contributed by atoms with van der Waals surface area (Å²) in [6.45, 7) is 8.82. The number of amides is 1. The molecule has 212 valence electrons. The molecule has 1 aliphatic rings. The van der Waals surface area contributed by atoms with Gasteiger partial charge in [0.15, 0.2) is 11.5 Å². The summed E-state index contributed by atoms with van der Waals surface area (Å²) < 4.78 is 0. The quantitative estimate of drug-likeness (QED) is 0.305. The number of hydrogen-bond acceptors (Lipinski definition) is 6. The van der Waals surface area contributed by atoms with Crippen LogP contribution in [0.4, 0.5) is 5.69 Å². The number of phenols is 2. The van der Waals surface area contributed by atoms with Gasteiger partial charge in [0.1, 0.15) is 0 Å². The van der Waals surface area contributed by atoms with Crippen molar-refractivity contribution < 1.29 is 25.6 Å². The number of halogens is 2. The van der Waals surface area contributed by atoms with Gasteiger partial charge in [-0.25, -0.2) is 0 Å². The highest BCUT2D eigenvalue weighted by molar-refractivity contribution is 5.96. The second-order valence-corrected chi connectivity index (χ2v) is 8.98. The van der Waals surface area contributed by atoms with Crippen molar-refractivity contribution in [2.45, 2.75) is 65.0 Å². The molecule has 1 aliphatic heterocycles. The molecular weight excluding hydrogens is 517 g/mol. The van der Waals surface area contributed by atoms with Crippen LogP contribution in [-0.2, 0) is 4.79 Å². The normalized spacial score (nSPS) is 15.5. The molecule has 3 rings (SSSR count). The summed E-state index contributed by atoms with van der Waals surface area (Å²) in [6, 6.07) is 10.5. The van der Waals surface area contributed by atoms with E-state index in [0.29, 0.717) is 12.1 Å². The molecule has 1 fully saturated rings. The van der Waals surface area contributed by atoms with Gasteiger partial charge in [-0.2, -0.15) is 0 Å². The maximum Gasteiger partial charge on any atom is 0.241 e.